The molecule has 2 aliphatic rings. The molecule has 0 fully saturated rings. The van der Waals surface area contributed by atoms with Crippen molar-refractivity contribution in [1.29, 1.82) is 0 Å². The first-order valence-corrected chi connectivity index (χ1v) is 8.54. The average Bonchev–Trinajstić information content (AvgIpc) is 3.07. The molecule has 1 aliphatic carbocycles. The summed E-state index contributed by atoms with van der Waals surface area (Å²) in [4.78, 5) is 10.7. The molecule has 0 radical (unpaired) electrons. The number of non-ortho nitro benzene ring substituents is 1. The number of phenolic OH excluding ortho intramolecular Hbond substituents is 1. The fourth-order valence-electron chi connectivity index (χ4n) is 4.07. The molecule has 0 saturated carbocycles. The molecule has 0 spiro atoms. The maximum atomic E-state index is 11.2. The van der Waals surface area contributed by atoms with E-state index in [9.17, 15) is 15.2 Å². The van der Waals surface area contributed by atoms with Crippen LogP contribution in [0.15, 0.2) is 42.5 Å². The molecule has 25 heavy (non-hydrogen) atoms. The van der Waals surface area contributed by atoms with E-state index in [1.807, 2.05) is 13.0 Å². The van der Waals surface area contributed by atoms with Gasteiger partial charge in [0.25, 0.3) is 5.69 Å². The third-order valence-corrected chi connectivity index (χ3v) is 5.59. The van der Waals surface area contributed by atoms with Gasteiger partial charge in [-0.05, 0) is 42.5 Å². The van der Waals surface area contributed by atoms with Gasteiger partial charge in [0.05, 0.1) is 16.7 Å². The van der Waals surface area contributed by atoms with Gasteiger partial charge >= 0.3 is 0 Å². The van der Waals surface area contributed by atoms with Crippen molar-refractivity contribution in [3.63, 3.8) is 0 Å². The van der Waals surface area contributed by atoms with Crippen LogP contribution in [0.4, 0.5) is 11.4 Å². The van der Waals surface area contributed by atoms with Crippen LogP contribution >= 0.6 is 11.6 Å². The highest BCUT2D eigenvalue weighted by Crippen LogP contribution is 2.54. The molecule has 0 saturated heterocycles. The van der Waals surface area contributed by atoms with E-state index in [1.54, 1.807) is 12.1 Å². The minimum Gasteiger partial charge on any atom is -0.506 e. The van der Waals surface area contributed by atoms with Crippen molar-refractivity contribution in [2.75, 3.05) is 5.32 Å². The molecule has 0 amide bonds. The van der Waals surface area contributed by atoms with E-state index in [4.69, 9.17) is 11.6 Å². The molecule has 3 atom stereocenters. The van der Waals surface area contributed by atoms with Crippen molar-refractivity contribution < 1.29 is 10.0 Å². The van der Waals surface area contributed by atoms with E-state index in [1.165, 1.54) is 12.1 Å². The number of allylic oxidation sites excluding steroid dienone is 2. The van der Waals surface area contributed by atoms with Crippen LogP contribution in [-0.2, 0) is 0 Å². The number of aromatic hydroxyl groups is 1. The maximum absolute atomic E-state index is 11.2. The lowest BCUT2D eigenvalue weighted by Gasteiger charge is -2.38. The monoisotopic (exact) mass is 356 g/mol. The average molecular weight is 357 g/mol. The molecule has 6 heteroatoms. The van der Waals surface area contributed by atoms with Gasteiger partial charge in [-0.3, -0.25) is 10.1 Å². The van der Waals surface area contributed by atoms with Gasteiger partial charge in [0.1, 0.15) is 5.75 Å². The SMILES string of the molecule is Cc1ccc(O)c2c1C1C=CCC1C(c1cc([N+](=O)[O-])ccc1Cl)N2. The molecule has 2 aromatic carbocycles. The molecule has 4 rings (SSSR count). The van der Waals surface area contributed by atoms with Crippen LogP contribution in [0.2, 0.25) is 5.02 Å². The Morgan fingerprint density at radius 3 is 2.88 bits per heavy atom. The molecular weight excluding hydrogens is 340 g/mol. The standard InChI is InChI=1S/C19H17ClN2O3/c1-10-5-8-16(23)19-17(10)12-3-2-4-13(12)18(21-19)14-9-11(22(24)25)6-7-15(14)20/h2-3,5-9,12-13,18,21,23H,4H2,1H3. The Labute approximate surface area is 150 Å². The highest BCUT2D eigenvalue weighted by atomic mass is 35.5. The van der Waals surface area contributed by atoms with Crippen molar-refractivity contribution in [3.05, 3.63) is 74.3 Å². The fraction of sp³-hybridized carbons (Fsp3) is 0.263. The number of nitrogens with zero attached hydrogens (tertiary/aromatic N) is 1. The molecule has 1 aliphatic heterocycles. The van der Waals surface area contributed by atoms with Crippen molar-refractivity contribution in [1.82, 2.24) is 0 Å². The third-order valence-electron chi connectivity index (χ3n) is 5.24. The fourth-order valence-corrected chi connectivity index (χ4v) is 4.31. The topological polar surface area (TPSA) is 75.4 Å². The van der Waals surface area contributed by atoms with E-state index in [0.29, 0.717) is 16.3 Å². The quantitative estimate of drug-likeness (QED) is 0.340. The number of nitro benzene ring substituents is 1. The molecule has 2 N–H and O–H groups in total. The minimum atomic E-state index is -0.414. The largest absolute Gasteiger partial charge is 0.506 e. The van der Waals surface area contributed by atoms with E-state index in [2.05, 4.69) is 17.5 Å². The normalized spacial score (nSPS) is 23.7. The van der Waals surface area contributed by atoms with Gasteiger partial charge in [0.15, 0.2) is 0 Å². The zero-order valence-electron chi connectivity index (χ0n) is 13.6. The van der Waals surface area contributed by atoms with Crippen LogP contribution in [0.25, 0.3) is 0 Å². The predicted octanol–water partition coefficient (Wildman–Crippen LogP) is 5.09. The Hall–Kier alpha value is -2.53. The summed E-state index contributed by atoms with van der Waals surface area (Å²) in [5.41, 5.74) is 3.62. The number of benzene rings is 2. The summed E-state index contributed by atoms with van der Waals surface area (Å²) in [5, 5.41) is 25.4. The number of nitrogens with one attached hydrogen (secondary N) is 1. The Bertz CT molecular complexity index is 910. The molecule has 0 aromatic heterocycles. The van der Waals surface area contributed by atoms with Crippen LogP contribution in [0.3, 0.4) is 0 Å². The third kappa shape index (κ3) is 2.46. The molecule has 3 unspecified atom stereocenters. The molecule has 1 heterocycles. The highest BCUT2D eigenvalue weighted by molar-refractivity contribution is 6.31. The van der Waals surface area contributed by atoms with Crippen LogP contribution in [0.1, 0.15) is 35.1 Å². The van der Waals surface area contributed by atoms with E-state index >= 15 is 0 Å². The molecule has 5 nitrogen and oxygen atoms in total. The number of fused-ring (bicyclic) bond motifs is 3. The second-order valence-corrected chi connectivity index (χ2v) is 7.04. The minimum absolute atomic E-state index is 0.0166. The predicted molar refractivity (Wildman–Crippen MR) is 97.3 cm³/mol. The number of hydrogen-bond acceptors (Lipinski definition) is 4. The summed E-state index contributed by atoms with van der Waals surface area (Å²) in [6.07, 6.45) is 5.15. The Kier molecular flexibility index (Phi) is 3.69. The van der Waals surface area contributed by atoms with E-state index in [-0.39, 0.29) is 29.3 Å². The van der Waals surface area contributed by atoms with Gasteiger partial charge in [-0.15, -0.1) is 0 Å². The number of hydrogen-bond donors (Lipinski definition) is 2. The molecule has 128 valence electrons. The zero-order valence-corrected chi connectivity index (χ0v) is 14.3. The number of rotatable bonds is 2. The summed E-state index contributed by atoms with van der Waals surface area (Å²) in [7, 11) is 0. The van der Waals surface area contributed by atoms with Crippen LogP contribution in [0, 0.1) is 23.0 Å². The molecule has 2 aromatic rings. The lowest BCUT2D eigenvalue weighted by atomic mass is 9.75. The first-order valence-electron chi connectivity index (χ1n) is 8.17. The van der Waals surface area contributed by atoms with Gasteiger partial charge in [-0.2, -0.15) is 0 Å². The summed E-state index contributed by atoms with van der Waals surface area (Å²) >= 11 is 6.38. The van der Waals surface area contributed by atoms with Crippen LogP contribution in [0.5, 0.6) is 5.75 Å². The summed E-state index contributed by atoms with van der Waals surface area (Å²) in [5.74, 6) is 0.544. The Morgan fingerprint density at radius 2 is 2.12 bits per heavy atom. The molecule has 0 bridgehead atoms. The smallest absolute Gasteiger partial charge is 0.269 e. The lowest BCUT2D eigenvalue weighted by Crippen LogP contribution is -2.30. The Balaban J connectivity index is 1.87. The lowest BCUT2D eigenvalue weighted by molar-refractivity contribution is -0.384. The van der Waals surface area contributed by atoms with Crippen molar-refractivity contribution in [2.24, 2.45) is 5.92 Å². The number of aryl methyl sites for hydroxylation is 1. The van der Waals surface area contributed by atoms with E-state index < -0.39 is 4.92 Å². The van der Waals surface area contributed by atoms with Crippen molar-refractivity contribution >= 4 is 23.0 Å². The summed E-state index contributed by atoms with van der Waals surface area (Å²) in [6.45, 7) is 2.03. The van der Waals surface area contributed by atoms with Gasteiger partial charge < -0.3 is 10.4 Å². The van der Waals surface area contributed by atoms with Crippen molar-refractivity contribution in [2.45, 2.75) is 25.3 Å². The van der Waals surface area contributed by atoms with E-state index in [0.717, 1.165) is 17.5 Å². The highest BCUT2D eigenvalue weighted by Gasteiger charge is 2.40. The van der Waals surface area contributed by atoms with Crippen LogP contribution < -0.4 is 5.32 Å². The summed E-state index contributed by atoms with van der Waals surface area (Å²) < 4.78 is 0. The van der Waals surface area contributed by atoms with Gasteiger partial charge in [-0.25, -0.2) is 0 Å². The summed E-state index contributed by atoms with van der Waals surface area (Å²) in [6, 6.07) is 7.90. The Morgan fingerprint density at radius 1 is 1.32 bits per heavy atom. The first-order chi connectivity index (χ1) is 12.0. The van der Waals surface area contributed by atoms with Gasteiger partial charge in [0, 0.05) is 28.6 Å². The van der Waals surface area contributed by atoms with Crippen LogP contribution in [-0.4, -0.2) is 10.0 Å². The molecular formula is C19H17ClN2O3. The first kappa shape index (κ1) is 16.0. The van der Waals surface area contributed by atoms with Gasteiger partial charge in [0.2, 0.25) is 0 Å². The number of halogens is 1. The second-order valence-electron chi connectivity index (χ2n) is 6.63. The number of nitro groups is 1. The van der Waals surface area contributed by atoms with Gasteiger partial charge in [-0.1, -0.05) is 29.8 Å². The zero-order chi connectivity index (χ0) is 17.7. The number of phenols is 1. The van der Waals surface area contributed by atoms with Crippen molar-refractivity contribution in [3.8, 4) is 5.75 Å². The number of anilines is 1. The second kappa shape index (κ2) is 5.77. The maximum Gasteiger partial charge on any atom is 0.269 e.